The lowest BCUT2D eigenvalue weighted by Crippen LogP contribution is -2.45. The van der Waals surface area contributed by atoms with Crippen LogP contribution in [0.4, 0.5) is 0 Å². The molecule has 0 radical (unpaired) electrons. The van der Waals surface area contributed by atoms with Gasteiger partial charge in [0.05, 0.1) is 5.41 Å². The molecule has 0 aliphatic rings. The molecule has 0 heterocycles. The zero-order chi connectivity index (χ0) is 20.0. The van der Waals surface area contributed by atoms with Gasteiger partial charge in [-0.3, -0.25) is 9.59 Å². The fourth-order valence-electron chi connectivity index (χ4n) is 3.58. The normalized spacial score (nSPS) is 12.2. The van der Waals surface area contributed by atoms with Crippen molar-refractivity contribution in [1.29, 1.82) is 0 Å². The number of primary amides is 1. The summed E-state index contributed by atoms with van der Waals surface area (Å²) >= 11 is 0. The Labute approximate surface area is 165 Å². The number of nitrogens with one attached hydrogen (secondary N) is 1. The van der Waals surface area contributed by atoms with Crippen molar-refractivity contribution >= 4 is 11.8 Å². The van der Waals surface area contributed by atoms with Crippen LogP contribution < -0.4 is 11.1 Å². The van der Waals surface area contributed by atoms with Crippen LogP contribution in [0.25, 0.3) is 0 Å². The van der Waals surface area contributed by atoms with Gasteiger partial charge >= 0.3 is 0 Å². The topological polar surface area (TPSA) is 72.2 Å². The average Bonchev–Trinajstić information content (AvgIpc) is 2.74. The minimum Gasteiger partial charge on any atom is -0.368 e. The number of rotatable bonds is 7. The fraction of sp³-hybridized carbons (Fsp3) is 0.167. The molecule has 0 aromatic heterocycles. The summed E-state index contributed by atoms with van der Waals surface area (Å²) in [5.41, 5.74) is 7.66. The second kappa shape index (κ2) is 8.53. The van der Waals surface area contributed by atoms with Crippen molar-refractivity contribution < 1.29 is 9.59 Å². The lowest BCUT2D eigenvalue weighted by Gasteiger charge is -2.35. The van der Waals surface area contributed by atoms with Crippen molar-refractivity contribution in [2.45, 2.75) is 24.8 Å². The smallest absolute Gasteiger partial charge is 0.239 e. The molecule has 0 saturated heterocycles. The van der Waals surface area contributed by atoms with E-state index in [9.17, 15) is 9.59 Å². The van der Waals surface area contributed by atoms with E-state index in [1.165, 1.54) is 0 Å². The molecule has 0 bridgehead atoms. The van der Waals surface area contributed by atoms with E-state index in [0.717, 1.165) is 16.7 Å². The van der Waals surface area contributed by atoms with Crippen molar-refractivity contribution in [2.75, 3.05) is 0 Å². The molecule has 0 aliphatic heterocycles. The van der Waals surface area contributed by atoms with Gasteiger partial charge < -0.3 is 11.1 Å². The zero-order valence-corrected chi connectivity index (χ0v) is 15.8. The highest BCUT2D eigenvalue weighted by Gasteiger charge is 2.38. The van der Waals surface area contributed by atoms with E-state index in [4.69, 9.17) is 5.73 Å². The summed E-state index contributed by atoms with van der Waals surface area (Å²) in [5, 5.41) is 2.73. The summed E-state index contributed by atoms with van der Waals surface area (Å²) in [7, 11) is 0. The lowest BCUT2D eigenvalue weighted by atomic mass is 9.67. The Kier molecular flexibility index (Phi) is 5.90. The van der Waals surface area contributed by atoms with Gasteiger partial charge in [-0.05, 0) is 23.6 Å². The number of amides is 2. The molecule has 3 aromatic rings. The summed E-state index contributed by atoms with van der Waals surface area (Å²) in [4.78, 5) is 24.4. The lowest BCUT2D eigenvalue weighted by molar-refractivity contribution is -0.127. The number of hydrogen-bond acceptors (Lipinski definition) is 2. The molecule has 0 aliphatic carbocycles. The third-order valence-electron chi connectivity index (χ3n) is 5.03. The molecule has 142 valence electrons. The Hall–Kier alpha value is -3.40. The summed E-state index contributed by atoms with van der Waals surface area (Å²) in [6.45, 7) is 1.59. The second-order valence-electron chi connectivity index (χ2n) is 6.87. The van der Waals surface area contributed by atoms with Gasteiger partial charge in [0.15, 0.2) is 0 Å². The number of carbonyl (C=O) groups is 2. The first-order chi connectivity index (χ1) is 13.5. The molecule has 0 unspecified atom stereocenters. The zero-order valence-electron chi connectivity index (χ0n) is 15.8. The van der Waals surface area contributed by atoms with E-state index in [1.807, 2.05) is 91.0 Å². The Bertz CT molecular complexity index is 828. The summed E-state index contributed by atoms with van der Waals surface area (Å²) in [5.74, 6) is -0.791. The molecular formula is C24H24N2O2. The fourth-order valence-corrected chi connectivity index (χ4v) is 3.58. The molecular weight excluding hydrogens is 348 g/mol. The van der Waals surface area contributed by atoms with Gasteiger partial charge in [0.1, 0.15) is 6.04 Å². The predicted molar refractivity (Wildman–Crippen MR) is 111 cm³/mol. The van der Waals surface area contributed by atoms with Crippen molar-refractivity contribution in [3.63, 3.8) is 0 Å². The van der Waals surface area contributed by atoms with Gasteiger partial charge in [-0.1, -0.05) is 91.0 Å². The number of benzene rings is 3. The summed E-state index contributed by atoms with van der Waals surface area (Å²) < 4.78 is 0. The largest absolute Gasteiger partial charge is 0.368 e. The second-order valence-corrected chi connectivity index (χ2v) is 6.87. The van der Waals surface area contributed by atoms with E-state index in [1.54, 1.807) is 6.92 Å². The Morgan fingerprint density at radius 1 is 0.786 bits per heavy atom. The maximum absolute atomic E-state index is 13.0. The maximum Gasteiger partial charge on any atom is 0.239 e. The van der Waals surface area contributed by atoms with Crippen molar-refractivity contribution in [1.82, 2.24) is 5.32 Å². The summed E-state index contributed by atoms with van der Waals surface area (Å²) in [6.07, 6.45) is 0.155. The van der Waals surface area contributed by atoms with Crippen LogP contribution in [0.1, 0.15) is 30.0 Å². The maximum atomic E-state index is 13.0. The molecule has 0 saturated carbocycles. The quantitative estimate of drug-likeness (QED) is 0.624. The standard InChI is InChI=1S/C24H24N2O2/c1-18(23(25)28)26-22(27)17-24(19-11-5-2-6-12-19,20-13-7-3-8-14-20)21-15-9-4-10-16-21/h2-16,18H,17H2,1H3,(H2,25,28)(H,26,27)/t18-/m1/s1. The number of hydrogen-bond donors (Lipinski definition) is 2. The third kappa shape index (κ3) is 3.96. The van der Waals surface area contributed by atoms with Crippen LogP contribution >= 0.6 is 0 Å². The molecule has 2 amide bonds. The van der Waals surface area contributed by atoms with Crippen LogP contribution in [0.5, 0.6) is 0 Å². The Balaban J connectivity index is 2.17. The van der Waals surface area contributed by atoms with Crippen LogP contribution in [0, 0.1) is 0 Å². The highest BCUT2D eigenvalue weighted by molar-refractivity contribution is 5.87. The van der Waals surface area contributed by atoms with Gasteiger partial charge in [0, 0.05) is 6.42 Å². The van der Waals surface area contributed by atoms with E-state index in [2.05, 4.69) is 5.32 Å². The molecule has 0 spiro atoms. The van der Waals surface area contributed by atoms with Crippen LogP contribution in [-0.2, 0) is 15.0 Å². The molecule has 3 aromatic carbocycles. The SMILES string of the molecule is C[C@@H](NC(=O)CC(c1ccccc1)(c1ccccc1)c1ccccc1)C(N)=O. The highest BCUT2D eigenvalue weighted by atomic mass is 16.2. The van der Waals surface area contributed by atoms with E-state index < -0.39 is 17.4 Å². The molecule has 4 heteroatoms. The average molecular weight is 372 g/mol. The van der Waals surface area contributed by atoms with Gasteiger partial charge in [0.2, 0.25) is 11.8 Å². The number of nitrogens with two attached hydrogens (primary N) is 1. The van der Waals surface area contributed by atoms with E-state index >= 15 is 0 Å². The van der Waals surface area contributed by atoms with Crippen molar-refractivity contribution in [3.8, 4) is 0 Å². The summed E-state index contributed by atoms with van der Waals surface area (Å²) in [6, 6.07) is 29.2. The van der Waals surface area contributed by atoms with Crippen LogP contribution in [0.15, 0.2) is 91.0 Å². The van der Waals surface area contributed by atoms with E-state index in [-0.39, 0.29) is 12.3 Å². The third-order valence-corrected chi connectivity index (χ3v) is 5.03. The Morgan fingerprint density at radius 3 is 1.46 bits per heavy atom. The number of carbonyl (C=O) groups excluding carboxylic acids is 2. The molecule has 3 N–H and O–H groups in total. The van der Waals surface area contributed by atoms with Crippen LogP contribution in [-0.4, -0.2) is 17.9 Å². The predicted octanol–water partition coefficient (Wildman–Crippen LogP) is 3.40. The van der Waals surface area contributed by atoms with Crippen molar-refractivity contribution in [3.05, 3.63) is 108 Å². The van der Waals surface area contributed by atoms with Gasteiger partial charge in [-0.15, -0.1) is 0 Å². The molecule has 1 atom stereocenters. The molecule has 4 nitrogen and oxygen atoms in total. The van der Waals surface area contributed by atoms with Crippen LogP contribution in [0.2, 0.25) is 0 Å². The first kappa shape index (κ1) is 19.4. The van der Waals surface area contributed by atoms with Gasteiger partial charge in [-0.25, -0.2) is 0 Å². The minimum atomic E-state index is -0.729. The van der Waals surface area contributed by atoms with Gasteiger partial charge in [-0.2, -0.15) is 0 Å². The molecule has 28 heavy (non-hydrogen) atoms. The van der Waals surface area contributed by atoms with E-state index in [0.29, 0.717) is 0 Å². The Morgan fingerprint density at radius 2 is 1.14 bits per heavy atom. The molecule has 3 rings (SSSR count). The molecule has 0 fully saturated rings. The highest BCUT2D eigenvalue weighted by Crippen LogP contribution is 2.42. The first-order valence-electron chi connectivity index (χ1n) is 9.29. The van der Waals surface area contributed by atoms with Crippen molar-refractivity contribution in [2.24, 2.45) is 5.73 Å². The minimum absolute atomic E-state index is 0.155. The van der Waals surface area contributed by atoms with Crippen LogP contribution in [0.3, 0.4) is 0 Å². The first-order valence-corrected chi connectivity index (χ1v) is 9.29. The monoisotopic (exact) mass is 372 g/mol. The van der Waals surface area contributed by atoms with Gasteiger partial charge in [0.25, 0.3) is 0 Å².